The van der Waals surface area contributed by atoms with Crippen LogP contribution in [0.25, 0.3) is 0 Å². The number of nitrogens with one attached hydrogen (secondary N) is 1. The summed E-state index contributed by atoms with van der Waals surface area (Å²) in [6.45, 7) is 8.69. The van der Waals surface area contributed by atoms with Crippen molar-refractivity contribution in [1.29, 1.82) is 0 Å². The molecule has 0 aromatic heterocycles. The summed E-state index contributed by atoms with van der Waals surface area (Å²) in [5, 5.41) is 3.05. The molecule has 5 nitrogen and oxygen atoms in total. The number of halogens is 1. The van der Waals surface area contributed by atoms with Crippen LogP contribution in [0.5, 0.6) is 0 Å². The Morgan fingerprint density at radius 3 is 2.38 bits per heavy atom. The van der Waals surface area contributed by atoms with E-state index in [4.69, 9.17) is 5.73 Å². The third-order valence-corrected chi connectivity index (χ3v) is 5.98. The highest BCUT2D eigenvalue weighted by molar-refractivity contribution is 5.85. The lowest BCUT2D eigenvalue weighted by Crippen LogP contribution is -2.47. The molecule has 1 heterocycles. The number of rotatable bonds is 5. The predicted molar refractivity (Wildman–Crippen MR) is 108 cm³/mol. The van der Waals surface area contributed by atoms with E-state index in [2.05, 4.69) is 5.32 Å². The molecule has 2 aliphatic rings. The fourth-order valence-electron chi connectivity index (χ4n) is 4.15. The first kappa shape index (κ1) is 23.2. The summed E-state index contributed by atoms with van der Waals surface area (Å²) in [7, 11) is 0. The number of carbonyl (C=O) groups excluding carboxylic acids is 2. The van der Waals surface area contributed by atoms with Crippen LogP contribution in [-0.2, 0) is 9.59 Å². The van der Waals surface area contributed by atoms with Crippen LogP contribution >= 0.6 is 12.4 Å². The predicted octanol–water partition coefficient (Wildman–Crippen LogP) is 3.11. The minimum absolute atomic E-state index is 0. The van der Waals surface area contributed by atoms with E-state index in [1.54, 1.807) is 0 Å². The molecular formula is C20H38ClN3O2. The molecule has 0 radical (unpaired) electrons. The number of amides is 2. The van der Waals surface area contributed by atoms with Gasteiger partial charge in [0.1, 0.15) is 0 Å². The second-order valence-corrected chi connectivity index (χ2v) is 9.25. The van der Waals surface area contributed by atoms with Crippen LogP contribution in [0.4, 0.5) is 0 Å². The largest absolute Gasteiger partial charge is 0.355 e. The number of hydrogen-bond donors (Lipinski definition) is 2. The van der Waals surface area contributed by atoms with Crippen molar-refractivity contribution in [3.05, 3.63) is 0 Å². The zero-order valence-electron chi connectivity index (χ0n) is 16.8. The van der Waals surface area contributed by atoms with Gasteiger partial charge >= 0.3 is 0 Å². The second-order valence-electron chi connectivity index (χ2n) is 9.25. The quantitative estimate of drug-likeness (QED) is 0.760. The summed E-state index contributed by atoms with van der Waals surface area (Å²) in [6, 6.07) is 0. The van der Waals surface area contributed by atoms with Crippen molar-refractivity contribution >= 4 is 24.2 Å². The lowest BCUT2D eigenvalue weighted by atomic mass is 9.71. The summed E-state index contributed by atoms with van der Waals surface area (Å²) in [5.41, 5.74) is 5.71. The molecular weight excluding hydrogens is 350 g/mol. The Labute approximate surface area is 165 Å². The third-order valence-electron chi connectivity index (χ3n) is 5.98. The van der Waals surface area contributed by atoms with E-state index in [0.29, 0.717) is 25.4 Å². The lowest BCUT2D eigenvalue weighted by Gasteiger charge is -2.39. The van der Waals surface area contributed by atoms with Gasteiger partial charge in [-0.05, 0) is 43.6 Å². The van der Waals surface area contributed by atoms with Gasteiger partial charge < -0.3 is 16.0 Å². The van der Waals surface area contributed by atoms with Gasteiger partial charge in [0, 0.05) is 31.5 Å². The summed E-state index contributed by atoms with van der Waals surface area (Å²) >= 11 is 0. The highest BCUT2D eigenvalue weighted by Crippen LogP contribution is 2.39. The standard InChI is InChI=1S/C20H37N3O2.ClH/c1-19(2,3)18(25)22-13-16-8-7-11-23(14-16)17(24)12-20(15-21)9-5-4-6-10-20;/h16H,4-15,21H2,1-3H3,(H,22,25);1H. The summed E-state index contributed by atoms with van der Waals surface area (Å²) in [5.74, 6) is 0.712. The van der Waals surface area contributed by atoms with Gasteiger partial charge in [-0.3, -0.25) is 9.59 Å². The maximum atomic E-state index is 12.9. The van der Waals surface area contributed by atoms with E-state index in [1.165, 1.54) is 19.3 Å². The van der Waals surface area contributed by atoms with E-state index in [0.717, 1.165) is 38.8 Å². The first-order chi connectivity index (χ1) is 11.8. The molecule has 0 aromatic rings. The van der Waals surface area contributed by atoms with Gasteiger partial charge in [-0.25, -0.2) is 0 Å². The monoisotopic (exact) mass is 387 g/mol. The van der Waals surface area contributed by atoms with Gasteiger partial charge in [-0.2, -0.15) is 0 Å². The van der Waals surface area contributed by atoms with E-state index >= 15 is 0 Å². The maximum absolute atomic E-state index is 12.9. The van der Waals surface area contributed by atoms with Gasteiger partial charge in [-0.15, -0.1) is 12.4 Å². The molecule has 2 rings (SSSR count). The molecule has 2 amide bonds. The van der Waals surface area contributed by atoms with Crippen LogP contribution in [0.15, 0.2) is 0 Å². The molecule has 3 N–H and O–H groups in total. The highest BCUT2D eigenvalue weighted by atomic mass is 35.5. The van der Waals surface area contributed by atoms with E-state index in [-0.39, 0.29) is 35.1 Å². The average Bonchev–Trinajstić information content (AvgIpc) is 2.59. The van der Waals surface area contributed by atoms with Gasteiger partial charge in [0.25, 0.3) is 0 Å². The molecule has 1 atom stereocenters. The van der Waals surface area contributed by atoms with Crippen LogP contribution in [0.3, 0.4) is 0 Å². The van der Waals surface area contributed by atoms with Gasteiger partial charge in [0.05, 0.1) is 0 Å². The lowest BCUT2D eigenvalue weighted by molar-refractivity contribution is -0.136. The molecule has 1 aliphatic carbocycles. The van der Waals surface area contributed by atoms with Crippen molar-refractivity contribution in [2.45, 2.75) is 72.1 Å². The Hall–Kier alpha value is -0.810. The van der Waals surface area contributed by atoms with E-state index in [1.807, 2.05) is 25.7 Å². The van der Waals surface area contributed by atoms with Crippen LogP contribution in [0.1, 0.15) is 72.1 Å². The van der Waals surface area contributed by atoms with Crippen molar-refractivity contribution < 1.29 is 9.59 Å². The molecule has 0 bridgehead atoms. The van der Waals surface area contributed by atoms with Gasteiger partial charge in [0.15, 0.2) is 0 Å². The zero-order chi connectivity index (χ0) is 18.5. The summed E-state index contributed by atoms with van der Waals surface area (Å²) in [4.78, 5) is 26.9. The van der Waals surface area contributed by atoms with Crippen molar-refractivity contribution in [3.8, 4) is 0 Å². The number of hydrogen-bond acceptors (Lipinski definition) is 3. The SMILES string of the molecule is CC(C)(C)C(=O)NCC1CCCN(C(=O)CC2(CN)CCCCC2)C1.Cl. The number of piperidine rings is 1. The minimum Gasteiger partial charge on any atom is -0.355 e. The first-order valence-electron chi connectivity index (χ1n) is 10.0. The molecule has 2 fully saturated rings. The zero-order valence-corrected chi connectivity index (χ0v) is 17.6. The Morgan fingerprint density at radius 1 is 1.15 bits per heavy atom. The molecule has 1 saturated heterocycles. The van der Waals surface area contributed by atoms with Crippen LogP contribution in [-0.4, -0.2) is 42.9 Å². The van der Waals surface area contributed by atoms with Gasteiger partial charge in [-0.1, -0.05) is 40.0 Å². The minimum atomic E-state index is -0.362. The molecule has 1 unspecified atom stereocenters. The Bertz CT molecular complexity index is 470. The molecule has 26 heavy (non-hydrogen) atoms. The fraction of sp³-hybridized carbons (Fsp3) is 0.900. The third kappa shape index (κ3) is 6.41. The molecule has 1 saturated carbocycles. The van der Waals surface area contributed by atoms with E-state index in [9.17, 15) is 9.59 Å². The topological polar surface area (TPSA) is 75.4 Å². The molecule has 6 heteroatoms. The van der Waals surface area contributed by atoms with Crippen LogP contribution in [0.2, 0.25) is 0 Å². The number of likely N-dealkylation sites (tertiary alicyclic amines) is 1. The number of carbonyl (C=O) groups is 2. The molecule has 1 aliphatic heterocycles. The average molecular weight is 388 g/mol. The fourth-order valence-corrected chi connectivity index (χ4v) is 4.15. The first-order valence-corrected chi connectivity index (χ1v) is 10.0. The molecule has 152 valence electrons. The Morgan fingerprint density at radius 2 is 1.81 bits per heavy atom. The summed E-state index contributed by atoms with van der Waals surface area (Å²) < 4.78 is 0. The van der Waals surface area contributed by atoms with Crippen molar-refractivity contribution in [2.75, 3.05) is 26.2 Å². The van der Waals surface area contributed by atoms with Crippen molar-refractivity contribution in [1.82, 2.24) is 10.2 Å². The van der Waals surface area contributed by atoms with Crippen LogP contribution < -0.4 is 11.1 Å². The summed E-state index contributed by atoms with van der Waals surface area (Å²) in [6.07, 6.45) is 8.56. The highest BCUT2D eigenvalue weighted by Gasteiger charge is 2.35. The van der Waals surface area contributed by atoms with Crippen LogP contribution in [0, 0.1) is 16.7 Å². The molecule has 0 spiro atoms. The van der Waals surface area contributed by atoms with Crippen molar-refractivity contribution in [2.24, 2.45) is 22.5 Å². The second kappa shape index (κ2) is 9.93. The van der Waals surface area contributed by atoms with Crippen molar-refractivity contribution in [3.63, 3.8) is 0 Å². The van der Waals surface area contributed by atoms with E-state index < -0.39 is 0 Å². The number of nitrogens with zero attached hydrogens (tertiary/aromatic N) is 1. The normalized spacial score (nSPS) is 23.1. The number of nitrogens with two attached hydrogens (primary N) is 1. The Kier molecular flexibility index (Phi) is 8.87. The Balaban J connectivity index is 0.00000338. The molecule has 0 aromatic carbocycles. The smallest absolute Gasteiger partial charge is 0.225 e. The maximum Gasteiger partial charge on any atom is 0.225 e. The van der Waals surface area contributed by atoms with Gasteiger partial charge in [0.2, 0.25) is 11.8 Å².